The van der Waals surface area contributed by atoms with E-state index >= 15 is 0 Å². The third-order valence-electron chi connectivity index (χ3n) is 4.25. The lowest BCUT2D eigenvalue weighted by Gasteiger charge is -2.26. The van der Waals surface area contributed by atoms with Crippen molar-refractivity contribution in [1.82, 2.24) is 14.9 Å². The first kappa shape index (κ1) is 15.0. The fraction of sp³-hybridized carbons (Fsp3) is 0.733. The highest BCUT2D eigenvalue weighted by Gasteiger charge is 2.46. The Morgan fingerprint density at radius 2 is 2.40 bits per heavy atom. The van der Waals surface area contributed by atoms with E-state index in [9.17, 15) is 4.79 Å². The summed E-state index contributed by atoms with van der Waals surface area (Å²) in [5.41, 5.74) is -0.533. The van der Waals surface area contributed by atoms with Gasteiger partial charge in [-0.2, -0.15) is 0 Å². The molecule has 1 aliphatic rings. The Balaban J connectivity index is 2.14. The predicted octanol–water partition coefficient (Wildman–Crippen LogP) is 2.08. The molecular weight excluding hydrogens is 254 g/mol. The van der Waals surface area contributed by atoms with Crippen molar-refractivity contribution in [3.05, 3.63) is 18.2 Å². The number of carbonyl (C=O) groups excluding carboxylic acids is 1. The summed E-state index contributed by atoms with van der Waals surface area (Å²) in [6.07, 6.45) is 8.52. The van der Waals surface area contributed by atoms with Gasteiger partial charge in [-0.25, -0.2) is 4.98 Å². The predicted molar refractivity (Wildman–Crippen MR) is 77.5 cm³/mol. The van der Waals surface area contributed by atoms with E-state index in [2.05, 4.69) is 21.8 Å². The van der Waals surface area contributed by atoms with Gasteiger partial charge in [0.2, 0.25) is 0 Å². The number of likely N-dealkylation sites (N-methyl/N-ethyl adjacent to an activating group) is 1. The summed E-state index contributed by atoms with van der Waals surface area (Å²) >= 11 is 0. The number of aryl methyl sites for hydroxylation is 1. The number of imidazole rings is 1. The number of esters is 1. The zero-order valence-corrected chi connectivity index (χ0v) is 12.7. The molecule has 1 aromatic rings. The van der Waals surface area contributed by atoms with Crippen molar-refractivity contribution in [3.63, 3.8) is 0 Å². The van der Waals surface area contributed by atoms with Crippen LogP contribution in [0.3, 0.4) is 0 Å². The second-order valence-corrected chi connectivity index (χ2v) is 5.45. The van der Waals surface area contributed by atoms with Crippen molar-refractivity contribution < 1.29 is 9.53 Å². The van der Waals surface area contributed by atoms with Gasteiger partial charge in [0.05, 0.1) is 6.61 Å². The van der Waals surface area contributed by atoms with Gasteiger partial charge in [-0.3, -0.25) is 4.79 Å². The number of nitrogens with one attached hydrogen (secondary N) is 1. The number of nitrogens with zero attached hydrogens (tertiary/aromatic N) is 2. The van der Waals surface area contributed by atoms with Crippen LogP contribution in [0, 0.1) is 0 Å². The molecule has 0 radical (unpaired) electrons. The molecule has 1 aromatic heterocycles. The average Bonchev–Trinajstić information content (AvgIpc) is 3.06. The second kappa shape index (κ2) is 6.39. The van der Waals surface area contributed by atoms with E-state index in [0.717, 1.165) is 37.9 Å². The Morgan fingerprint density at radius 3 is 3.05 bits per heavy atom. The van der Waals surface area contributed by atoms with Gasteiger partial charge < -0.3 is 14.6 Å². The van der Waals surface area contributed by atoms with Gasteiger partial charge in [-0.05, 0) is 39.7 Å². The maximum absolute atomic E-state index is 12.2. The lowest BCUT2D eigenvalue weighted by atomic mass is 9.97. The SMILES string of the molecule is CCCc1nccn1C1CCC(NC)(C(=O)OCC)C1. The highest BCUT2D eigenvalue weighted by Crippen LogP contribution is 2.39. The standard InChI is InChI=1S/C15H25N3O2/c1-4-6-13-17-9-10-18(13)12-7-8-15(11-12,16-3)14(19)20-5-2/h9-10,12,16H,4-8,11H2,1-3H3. The van der Waals surface area contributed by atoms with Gasteiger partial charge in [0.25, 0.3) is 0 Å². The summed E-state index contributed by atoms with van der Waals surface area (Å²) < 4.78 is 7.48. The highest BCUT2D eigenvalue weighted by molar-refractivity contribution is 5.81. The largest absolute Gasteiger partial charge is 0.465 e. The van der Waals surface area contributed by atoms with Crippen LogP contribution in [0.5, 0.6) is 0 Å². The molecule has 0 spiro atoms. The van der Waals surface area contributed by atoms with Crippen LogP contribution in [0.25, 0.3) is 0 Å². The Morgan fingerprint density at radius 1 is 1.60 bits per heavy atom. The third-order valence-corrected chi connectivity index (χ3v) is 4.25. The van der Waals surface area contributed by atoms with Crippen molar-refractivity contribution in [2.24, 2.45) is 0 Å². The smallest absolute Gasteiger partial charge is 0.326 e. The van der Waals surface area contributed by atoms with E-state index in [4.69, 9.17) is 4.74 Å². The molecule has 0 saturated heterocycles. The first-order valence-corrected chi connectivity index (χ1v) is 7.54. The minimum Gasteiger partial charge on any atom is -0.465 e. The summed E-state index contributed by atoms with van der Waals surface area (Å²) in [7, 11) is 1.85. The van der Waals surface area contributed by atoms with Crippen LogP contribution in [0.4, 0.5) is 0 Å². The molecule has 5 nitrogen and oxygen atoms in total. The lowest BCUT2D eigenvalue weighted by Crippen LogP contribution is -2.49. The Hall–Kier alpha value is -1.36. The summed E-state index contributed by atoms with van der Waals surface area (Å²) in [5.74, 6) is 0.996. The normalized spacial score (nSPS) is 25.9. The number of rotatable bonds is 6. The summed E-state index contributed by atoms with van der Waals surface area (Å²) in [4.78, 5) is 16.6. The molecule has 0 amide bonds. The van der Waals surface area contributed by atoms with Crippen LogP contribution in [-0.2, 0) is 16.0 Å². The topological polar surface area (TPSA) is 56.2 Å². The zero-order chi connectivity index (χ0) is 14.6. The van der Waals surface area contributed by atoms with Crippen molar-refractivity contribution in [1.29, 1.82) is 0 Å². The fourth-order valence-electron chi connectivity index (χ4n) is 3.13. The molecular formula is C15H25N3O2. The van der Waals surface area contributed by atoms with E-state index in [-0.39, 0.29) is 5.97 Å². The summed E-state index contributed by atoms with van der Waals surface area (Å²) in [6, 6.07) is 0.330. The second-order valence-electron chi connectivity index (χ2n) is 5.45. The maximum atomic E-state index is 12.2. The molecule has 5 heteroatoms. The van der Waals surface area contributed by atoms with Gasteiger partial charge in [-0.1, -0.05) is 6.92 Å². The van der Waals surface area contributed by atoms with E-state index in [1.807, 2.05) is 26.4 Å². The van der Waals surface area contributed by atoms with Gasteiger partial charge in [0, 0.05) is 24.9 Å². The van der Waals surface area contributed by atoms with E-state index in [1.165, 1.54) is 0 Å². The quantitative estimate of drug-likeness (QED) is 0.810. The van der Waals surface area contributed by atoms with Crippen molar-refractivity contribution in [2.75, 3.05) is 13.7 Å². The lowest BCUT2D eigenvalue weighted by molar-refractivity contribution is -0.150. The molecule has 112 valence electrons. The van der Waals surface area contributed by atoms with Crippen LogP contribution >= 0.6 is 0 Å². The monoisotopic (exact) mass is 279 g/mol. The molecule has 1 N–H and O–H groups in total. The molecule has 2 rings (SSSR count). The minimum absolute atomic E-state index is 0.123. The summed E-state index contributed by atoms with van der Waals surface area (Å²) in [5, 5.41) is 3.20. The molecule has 1 aliphatic carbocycles. The maximum Gasteiger partial charge on any atom is 0.326 e. The van der Waals surface area contributed by atoms with Crippen LogP contribution in [0.1, 0.15) is 51.4 Å². The van der Waals surface area contributed by atoms with Gasteiger partial charge in [0.15, 0.2) is 0 Å². The molecule has 1 heterocycles. The molecule has 0 bridgehead atoms. The van der Waals surface area contributed by atoms with Gasteiger partial charge in [-0.15, -0.1) is 0 Å². The highest BCUT2D eigenvalue weighted by atomic mass is 16.5. The minimum atomic E-state index is -0.533. The molecule has 2 unspecified atom stereocenters. The zero-order valence-electron chi connectivity index (χ0n) is 12.7. The molecule has 1 saturated carbocycles. The first-order chi connectivity index (χ1) is 9.66. The third kappa shape index (κ3) is 2.73. The fourth-order valence-corrected chi connectivity index (χ4v) is 3.13. The van der Waals surface area contributed by atoms with Crippen molar-refractivity contribution in [3.8, 4) is 0 Å². The van der Waals surface area contributed by atoms with Crippen molar-refractivity contribution in [2.45, 2.75) is 57.5 Å². The average molecular weight is 279 g/mol. The number of hydrogen-bond acceptors (Lipinski definition) is 4. The molecule has 20 heavy (non-hydrogen) atoms. The van der Waals surface area contributed by atoms with Crippen molar-refractivity contribution >= 4 is 5.97 Å². The summed E-state index contributed by atoms with van der Waals surface area (Å²) in [6.45, 7) is 4.44. The number of ether oxygens (including phenoxy) is 1. The van der Waals surface area contributed by atoms with Crippen LogP contribution < -0.4 is 5.32 Å². The molecule has 0 aromatic carbocycles. The van der Waals surface area contributed by atoms with E-state index in [0.29, 0.717) is 12.6 Å². The molecule has 0 aliphatic heterocycles. The van der Waals surface area contributed by atoms with E-state index in [1.54, 1.807) is 0 Å². The van der Waals surface area contributed by atoms with Crippen LogP contribution in [0.15, 0.2) is 12.4 Å². The number of carbonyl (C=O) groups is 1. The van der Waals surface area contributed by atoms with Gasteiger partial charge in [0.1, 0.15) is 11.4 Å². The van der Waals surface area contributed by atoms with E-state index < -0.39 is 5.54 Å². The first-order valence-electron chi connectivity index (χ1n) is 7.54. The number of hydrogen-bond donors (Lipinski definition) is 1. The molecule has 2 atom stereocenters. The van der Waals surface area contributed by atoms with Crippen LogP contribution in [0.2, 0.25) is 0 Å². The number of aromatic nitrogens is 2. The Bertz CT molecular complexity index is 458. The van der Waals surface area contributed by atoms with Gasteiger partial charge >= 0.3 is 5.97 Å². The molecule has 1 fully saturated rings. The Labute approximate surface area is 120 Å². The van der Waals surface area contributed by atoms with Crippen LogP contribution in [-0.4, -0.2) is 34.7 Å². The Kier molecular flexibility index (Phi) is 4.81.